The van der Waals surface area contributed by atoms with Crippen LogP contribution in [0.5, 0.6) is 11.5 Å². The van der Waals surface area contributed by atoms with Crippen molar-refractivity contribution < 1.29 is 24.1 Å². The molecule has 3 rings (SSSR count). The maximum absolute atomic E-state index is 11.4. The van der Waals surface area contributed by atoms with Crippen molar-refractivity contribution in [3.8, 4) is 11.5 Å². The fourth-order valence-corrected chi connectivity index (χ4v) is 3.57. The number of aliphatic carboxylic acids is 1. The SMILES string of the molecule is COc1ccc2c(c1)OC(C)(C)[C@@H]1C[C@H](C(=O)O)[C@@H](C)O[C@@H]21. The van der Waals surface area contributed by atoms with Gasteiger partial charge >= 0.3 is 5.97 Å². The van der Waals surface area contributed by atoms with E-state index in [1.807, 2.05) is 39.0 Å². The standard InChI is InChI=1S/C17H22O5/c1-9-12(16(18)19)8-13-15(21-9)11-6-5-10(20-4)7-14(11)22-17(13,2)3/h5-7,9,12-13,15H,8H2,1-4H3,(H,18,19)/t9-,12+,13-,15+/m1/s1. The molecule has 0 aliphatic carbocycles. The van der Waals surface area contributed by atoms with Gasteiger partial charge < -0.3 is 19.3 Å². The van der Waals surface area contributed by atoms with Gasteiger partial charge in [-0.15, -0.1) is 0 Å². The Morgan fingerprint density at radius 2 is 2.14 bits per heavy atom. The lowest BCUT2D eigenvalue weighted by molar-refractivity contribution is -0.183. The molecule has 0 spiro atoms. The average molecular weight is 306 g/mol. The molecule has 4 atom stereocenters. The minimum atomic E-state index is -0.803. The lowest BCUT2D eigenvalue weighted by atomic mass is 9.72. The lowest BCUT2D eigenvalue weighted by Crippen LogP contribution is -2.51. The van der Waals surface area contributed by atoms with Crippen LogP contribution < -0.4 is 9.47 Å². The molecule has 0 bridgehead atoms. The number of hydrogen-bond donors (Lipinski definition) is 1. The maximum Gasteiger partial charge on any atom is 0.309 e. The van der Waals surface area contributed by atoms with Crippen molar-refractivity contribution in [1.82, 2.24) is 0 Å². The first-order valence-corrected chi connectivity index (χ1v) is 7.58. The van der Waals surface area contributed by atoms with Crippen molar-refractivity contribution in [2.24, 2.45) is 11.8 Å². The molecule has 1 saturated heterocycles. The number of hydrogen-bond acceptors (Lipinski definition) is 4. The molecule has 5 nitrogen and oxygen atoms in total. The van der Waals surface area contributed by atoms with Gasteiger partial charge in [-0.05, 0) is 39.3 Å². The van der Waals surface area contributed by atoms with Crippen LogP contribution in [-0.2, 0) is 9.53 Å². The Labute approximate surface area is 130 Å². The van der Waals surface area contributed by atoms with E-state index in [-0.39, 0.29) is 18.1 Å². The van der Waals surface area contributed by atoms with Crippen LogP contribution >= 0.6 is 0 Å². The van der Waals surface area contributed by atoms with E-state index in [1.54, 1.807) is 7.11 Å². The van der Waals surface area contributed by atoms with Gasteiger partial charge in [0.05, 0.1) is 25.2 Å². The number of fused-ring (bicyclic) bond motifs is 3. The first-order valence-electron chi connectivity index (χ1n) is 7.58. The first-order chi connectivity index (χ1) is 10.3. The predicted octanol–water partition coefficient (Wildman–Crippen LogP) is 3.03. The summed E-state index contributed by atoms with van der Waals surface area (Å²) in [5.41, 5.74) is 0.485. The van der Waals surface area contributed by atoms with Gasteiger partial charge in [0.1, 0.15) is 17.1 Å². The van der Waals surface area contributed by atoms with Crippen LogP contribution in [-0.4, -0.2) is 29.9 Å². The van der Waals surface area contributed by atoms with E-state index in [0.29, 0.717) is 6.42 Å². The van der Waals surface area contributed by atoms with Gasteiger partial charge in [0.2, 0.25) is 0 Å². The zero-order chi connectivity index (χ0) is 16.1. The van der Waals surface area contributed by atoms with Crippen LogP contribution in [0.4, 0.5) is 0 Å². The third-order valence-corrected chi connectivity index (χ3v) is 4.91. The highest BCUT2D eigenvalue weighted by Gasteiger charge is 2.51. The van der Waals surface area contributed by atoms with Gasteiger partial charge in [-0.25, -0.2) is 0 Å². The van der Waals surface area contributed by atoms with Crippen LogP contribution in [0.2, 0.25) is 0 Å². The van der Waals surface area contributed by atoms with Crippen LogP contribution in [0.15, 0.2) is 18.2 Å². The Kier molecular flexibility index (Phi) is 3.56. The van der Waals surface area contributed by atoms with Gasteiger partial charge in [-0.3, -0.25) is 4.79 Å². The molecule has 22 heavy (non-hydrogen) atoms. The minimum absolute atomic E-state index is 0.00527. The van der Waals surface area contributed by atoms with Crippen LogP contribution in [0.25, 0.3) is 0 Å². The largest absolute Gasteiger partial charge is 0.497 e. The van der Waals surface area contributed by atoms with E-state index in [0.717, 1.165) is 17.1 Å². The smallest absolute Gasteiger partial charge is 0.309 e. The summed E-state index contributed by atoms with van der Waals surface area (Å²) in [6.07, 6.45) is 0.0949. The van der Waals surface area contributed by atoms with E-state index < -0.39 is 17.5 Å². The fourth-order valence-electron chi connectivity index (χ4n) is 3.57. The molecular formula is C17H22O5. The quantitative estimate of drug-likeness (QED) is 0.910. The molecule has 0 aromatic heterocycles. The summed E-state index contributed by atoms with van der Waals surface area (Å²) >= 11 is 0. The Morgan fingerprint density at radius 3 is 2.77 bits per heavy atom. The van der Waals surface area contributed by atoms with Crippen molar-refractivity contribution in [3.05, 3.63) is 23.8 Å². The number of methoxy groups -OCH3 is 1. The van der Waals surface area contributed by atoms with E-state index in [9.17, 15) is 9.90 Å². The second-order valence-electron chi connectivity index (χ2n) is 6.66. The van der Waals surface area contributed by atoms with Gasteiger partial charge in [0.25, 0.3) is 0 Å². The molecule has 2 heterocycles. The first kappa shape index (κ1) is 15.2. The number of rotatable bonds is 2. The maximum atomic E-state index is 11.4. The Bertz CT molecular complexity index is 595. The molecule has 0 amide bonds. The second-order valence-corrected chi connectivity index (χ2v) is 6.66. The van der Waals surface area contributed by atoms with Crippen molar-refractivity contribution in [3.63, 3.8) is 0 Å². The number of benzene rings is 1. The average Bonchev–Trinajstić information content (AvgIpc) is 2.45. The molecule has 2 aliphatic rings. The molecule has 0 radical (unpaired) electrons. The number of carbonyl (C=O) groups is 1. The highest BCUT2D eigenvalue weighted by atomic mass is 16.5. The van der Waals surface area contributed by atoms with Gasteiger partial charge in [0, 0.05) is 17.5 Å². The third-order valence-electron chi connectivity index (χ3n) is 4.91. The van der Waals surface area contributed by atoms with Crippen LogP contribution in [0.3, 0.4) is 0 Å². The van der Waals surface area contributed by atoms with E-state index >= 15 is 0 Å². The van der Waals surface area contributed by atoms with Crippen molar-refractivity contribution in [2.45, 2.75) is 45.0 Å². The summed E-state index contributed by atoms with van der Waals surface area (Å²) < 4.78 is 17.5. The molecule has 0 unspecified atom stereocenters. The molecular weight excluding hydrogens is 284 g/mol. The second kappa shape index (κ2) is 5.16. The summed E-state index contributed by atoms with van der Waals surface area (Å²) in [7, 11) is 1.62. The highest BCUT2D eigenvalue weighted by Crippen LogP contribution is 2.52. The molecule has 1 fully saturated rings. The molecule has 5 heteroatoms. The highest BCUT2D eigenvalue weighted by molar-refractivity contribution is 5.71. The summed E-state index contributed by atoms with van der Waals surface area (Å²) in [5, 5.41) is 9.40. The molecule has 1 aromatic carbocycles. The summed E-state index contributed by atoms with van der Waals surface area (Å²) in [5.74, 6) is 0.198. The van der Waals surface area contributed by atoms with Crippen LogP contribution in [0.1, 0.15) is 38.9 Å². The summed E-state index contributed by atoms with van der Waals surface area (Å²) in [6, 6.07) is 5.70. The third kappa shape index (κ3) is 2.33. The van der Waals surface area contributed by atoms with Crippen molar-refractivity contribution in [1.29, 1.82) is 0 Å². The summed E-state index contributed by atoms with van der Waals surface area (Å²) in [6.45, 7) is 5.82. The van der Waals surface area contributed by atoms with E-state index in [4.69, 9.17) is 14.2 Å². The predicted molar refractivity (Wildman–Crippen MR) is 80.2 cm³/mol. The number of carboxylic acids is 1. The molecule has 1 aromatic rings. The van der Waals surface area contributed by atoms with Crippen LogP contribution in [0, 0.1) is 11.8 Å². The van der Waals surface area contributed by atoms with Crippen molar-refractivity contribution in [2.75, 3.05) is 7.11 Å². The van der Waals surface area contributed by atoms with E-state index in [2.05, 4.69) is 0 Å². The zero-order valence-corrected chi connectivity index (χ0v) is 13.3. The number of ether oxygens (including phenoxy) is 3. The van der Waals surface area contributed by atoms with Gasteiger partial charge in [-0.1, -0.05) is 0 Å². The Hall–Kier alpha value is -1.75. The van der Waals surface area contributed by atoms with E-state index in [1.165, 1.54) is 0 Å². The lowest BCUT2D eigenvalue weighted by Gasteiger charge is -2.49. The number of carboxylic acid groups (broad SMARTS) is 1. The Morgan fingerprint density at radius 1 is 1.41 bits per heavy atom. The van der Waals surface area contributed by atoms with Crippen molar-refractivity contribution >= 4 is 5.97 Å². The zero-order valence-electron chi connectivity index (χ0n) is 13.3. The minimum Gasteiger partial charge on any atom is -0.497 e. The molecule has 1 N–H and O–H groups in total. The fraction of sp³-hybridized carbons (Fsp3) is 0.588. The monoisotopic (exact) mass is 306 g/mol. The summed E-state index contributed by atoms with van der Waals surface area (Å²) in [4.78, 5) is 11.4. The van der Waals surface area contributed by atoms with Gasteiger partial charge in [-0.2, -0.15) is 0 Å². The topological polar surface area (TPSA) is 65.0 Å². The molecule has 120 valence electrons. The van der Waals surface area contributed by atoms with Gasteiger partial charge in [0.15, 0.2) is 0 Å². The molecule has 0 saturated carbocycles. The Balaban J connectivity index is 2.01. The normalized spacial score (nSPS) is 32.4. The molecule has 2 aliphatic heterocycles.